The minimum absolute atomic E-state index is 0.0388. The van der Waals surface area contributed by atoms with E-state index in [4.69, 9.17) is 8.92 Å². The van der Waals surface area contributed by atoms with Gasteiger partial charge in [0.2, 0.25) is 0 Å². The molecule has 11 heteroatoms. The number of amides is 1. The van der Waals surface area contributed by atoms with E-state index in [1.807, 2.05) is 25.1 Å². The number of anilines is 1. The molecule has 0 radical (unpaired) electrons. The molecule has 36 heavy (non-hydrogen) atoms. The van der Waals surface area contributed by atoms with Crippen molar-refractivity contribution in [3.8, 4) is 17.6 Å². The van der Waals surface area contributed by atoms with E-state index in [0.29, 0.717) is 11.3 Å². The molecular formula is C25H21N3O7S. The van der Waals surface area contributed by atoms with Crippen molar-refractivity contribution >= 4 is 33.5 Å². The molecule has 184 valence electrons. The molecule has 0 unspecified atom stereocenters. The lowest BCUT2D eigenvalue weighted by atomic mass is 10.1. The average Bonchev–Trinajstić information content (AvgIpc) is 2.85. The van der Waals surface area contributed by atoms with Crippen molar-refractivity contribution in [2.45, 2.75) is 18.7 Å². The third kappa shape index (κ3) is 6.25. The lowest BCUT2D eigenvalue weighted by Gasteiger charge is -2.13. The minimum atomic E-state index is -4.42. The highest BCUT2D eigenvalue weighted by molar-refractivity contribution is 7.87. The van der Waals surface area contributed by atoms with Gasteiger partial charge >= 0.3 is 10.1 Å². The largest absolute Gasteiger partial charge is 0.490 e. The van der Waals surface area contributed by atoms with Crippen molar-refractivity contribution in [1.29, 1.82) is 5.26 Å². The SMILES string of the molecule is CCOc1cc(/C=C(\C#N)C(=O)Nc2ccccc2C)ccc1OS(=O)(=O)c1cccc([N+](=O)[O-])c1. The molecule has 3 rings (SSSR count). The molecule has 0 aliphatic carbocycles. The molecule has 0 aliphatic heterocycles. The maximum Gasteiger partial charge on any atom is 0.339 e. The van der Waals surface area contributed by atoms with Gasteiger partial charge < -0.3 is 14.2 Å². The van der Waals surface area contributed by atoms with Crippen LogP contribution in [0, 0.1) is 28.4 Å². The average molecular weight is 508 g/mol. The quantitative estimate of drug-likeness (QED) is 0.145. The lowest BCUT2D eigenvalue weighted by molar-refractivity contribution is -0.385. The van der Waals surface area contributed by atoms with Crippen molar-refractivity contribution in [3.63, 3.8) is 0 Å². The van der Waals surface area contributed by atoms with Crippen LogP contribution in [0.1, 0.15) is 18.1 Å². The zero-order chi connectivity index (χ0) is 26.3. The van der Waals surface area contributed by atoms with Crippen LogP contribution in [0.25, 0.3) is 6.08 Å². The van der Waals surface area contributed by atoms with E-state index in [9.17, 15) is 28.6 Å². The summed E-state index contributed by atoms with van der Waals surface area (Å²) >= 11 is 0. The second-order valence-electron chi connectivity index (χ2n) is 7.37. The van der Waals surface area contributed by atoms with Crippen molar-refractivity contribution in [2.75, 3.05) is 11.9 Å². The van der Waals surface area contributed by atoms with Crippen LogP contribution in [0.3, 0.4) is 0 Å². The Kier molecular flexibility index (Phi) is 8.03. The summed E-state index contributed by atoms with van der Waals surface area (Å²) < 4.78 is 36.1. The van der Waals surface area contributed by atoms with E-state index in [0.717, 1.165) is 17.7 Å². The monoisotopic (exact) mass is 507 g/mol. The first kappa shape index (κ1) is 25.9. The first-order chi connectivity index (χ1) is 17.1. The number of aryl methyl sites for hydroxylation is 1. The van der Waals surface area contributed by atoms with Crippen LogP contribution in [-0.4, -0.2) is 25.9 Å². The van der Waals surface area contributed by atoms with Gasteiger partial charge in [-0.1, -0.05) is 30.3 Å². The van der Waals surface area contributed by atoms with E-state index in [-0.39, 0.29) is 23.7 Å². The number of nitro benzene ring substituents is 1. The fourth-order valence-corrected chi connectivity index (χ4v) is 4.07. The summed E-state index contributed by atoms with van der Waals surface area (Å²) in [7, 11) is -4.42. The molecule has 0 bridgehead atoms. The molecule has 0 saturated heterocycles. The fourth-order valence-electron chi connectivity index (χ4n) is 3.09. The first-order valence-electron chi connectivity index (χ1n) is 10.6. The number of ether oxygens (including phenoxy) is 1. The minimum Gasteiger partial charge on any atom is -0.490 e. The number of non-ortho nitro benzene ring substituents is 1. The summed E-state index contributed by atoms with van der Waals surface area (Å²) in [5, 5.41) is 23.2. The highest BCUT2D eigenvalue weighted by atomic mass is 32.2. The molecule has 0 fully saturated rings. The van der Waals surface area contributed by atoms with Crippen LogP contribution in [-0.2, 0) is 14.9 Å². The van der Waals surface area contributed by atoms with Gasteiger partial charge in [-0.3, -0.25) is 14.9 Å². The molecule has 10 nitrogen and oxygen atoms in total. The highest BCUT2D eigenvalue weighted by Gasteiger charge is 2.22. The summed E-state index contributed by atoms with van der Waals surface area (Å²) in [5.41, 5.74) is 1.19. The molecule has 1 amide bonds. The zero-order valence-electron chi connectivity index (χ0n) is 19.3. The molecule has 3 aromatic rings. The molecule has 0 atom stereocenters. The summed E-state index contributed by atoms with van der Waals surface area (Å²) in [5.74, 6) is -0.737. The maximum absolute atomic E-state index is 12.7. The Labute approximate surface area is 207 Å². The van der Waals surface area contributed by atoms with Gasteiger partial charge in [0.25, 0.3) is 11.6 Å². The van der Waals surface area contributed by atoms with E-state index in [2.05, 4.69) is 5.32 Å². The van der Waals surface area contributed by atoms with Gasteiger partial charge in [0.05, 0.1) is 11.5 Å². The van der Waals surface area contributed by atoms with Gasteiger partial charge in [-0.05, 0) is 55.3 Å². The number of hydrogen-bond donors (Lipinski definition) is 1. The van der Waals surface area contributed by atoms with Gasteiger partial charge in [0, 0.05) is 17.8 Å². The summed E-state index contributed by atoms with van der Waals surface area (Å²) in [6.07, 6.45) is 1.33. The fraction of sp³-hybridized carbons (Fsp3) is 0.120. The smallest absolute Gasteiger partial charge is 0.339 e. The number of rotatable bonds is 9. The van der Waals surface area contributed by atoms with Crippen LogP contribution in [0.2, 0.25) is 0 Å². The van der Waals surface area contributed by atoms with Crippen LogP contribution >= 0.6 is 0 Å². The third-order valence-electron chi connectivity index (χ3n) is 4.85. The molecular weight excluding hydrogens is 486 g/mol. The molecule has 0 aliphatic rings. The molecule has 0 saturated carbocycles. The van der Waals surface area contributed by atoms with Gasteiger partial charge in [-0.2, -0.15) is 13.7 Å². The standard InChI is InChI=1S/C25H21N3O7S/c1-3-34-24-14-18(13-19(16-26)25(29)27-22-10-5-4-7-17(22)2)11-12-23(24)35-36(32,33)21-9-6-8-20(15-21)28(30)31/h4-15H,3H2,1-2H3,(H,27,29)/b19-13+. The van der Waals surface area contributed by atoms with Crippen molar-refractivity contribution in [1.82, 2.24) is 0 Å². The van der Waals surface area contributed by atoms with Crippen LogP contribution in [0.4, 0.5) is 11.4 Å². The topological polar surface area (TPSA) is 149 Å². The normalized spacial score (nSPS) is 11.3. The van der Waals surface area contributed by atoms with E-state index < -0.39 is 31.5 Å². The molecule has 3 aromatic carbocycles. The maximum atomic E-state index is 12.7. The number of hydrogen-bond acceptors (Lipinski definition) is 8. The van der Waals surface area contributed by atoms with Gasteiger partial charge in [-0.15, -0.1) is 0 Å². The second-order valence-corrected chi connectivity index (χ2v) is 8.92. The second kappa shape index (κ2) is 11.2. The Balaban J connectivity index is 1.90. The number of nitro groups is 1. The lowest BCUT2D eigenvalue weighted by Crippen LogP contribution is -2.14. The predicted molar refractivity (Wildman–Crippen MR) is 132 cm³/mol. The Hall–Kier alpha value is -4.69. The molecule has 1 N–H and O–H groups in total. The number of nitrogens with one attached hydrogen (secondary N) is 1. The number of nitriles is 1. The van der Waals surface area contributed by atoms with E-state index in [1.165, 1.54) is 36.4 Å². The van der Waals surface area contributed by atoms with Gasteiger partial charge in [0.1, 0.15) is 16.5 Å². The third-order valence-corrected chi connectivity index (χ3v) is 6.08. The zero-order valence-corrected chi connectivity index (χ0v) is 20.1. The molecule has 0 spiro atoms. The Morgan fingerprint density at radius 1 is 1.11 bits per heavy atom. The van der Waals surface area contributed by atoms with Crippen molar-refractivity contribution < 1.29 is 27.1 Å². The van der Waals surface area contributed by atoms with Gasteiger partial charge in [0.15, 0.2) is 11.5 Å². The van der Waals surface area contributed by atoms with E-state index in [1.54, 1.807) is 19.1 Å². The summed E-state index contributed by atoms with van der Waals surface area (Å²) in [4.78, 5) is 22.5. The van der Waals surface area contributed by atoms with Crippen LogP contribution in [0.5, 0.6) is 11.5 Å². The van der Waals surface area contributed by atoms with Crippen LogP contribution in [0.15, 0.2) is 77.2 Å². The Morgan fingerprint density at radius 2 is 1.86 bits per heavy atom. The molecule has 0 heterocycles. The Bertz CT molecular complexity index is 1490. The van der Waals surface area contributed by atoms with Gasteiger partial charge in [-0.25, -0.2) is 0 Å². The summed E-state index contributed by atoms with van der Waals surface area (Å²) in [6.45, 7) is 3.66. The number of carbonyl (C=O) groups excluding carboxylic acids is 1. The summed E-state index contributed by atoms with van der Waals surface area (Å²) in [6, 6.07) is 17.6. The van der Waals surface area contributed by atoms with Crippen molar-refractivity contribution in [2.24, 2.45) is 0 Å². The predicted octanol–water partition coefficient (Wildman–Crippen LogP) is 4.62. The molecule has 0 aromatic heterocycles. The van der Waals surface area contributed by atoms with E-state index >= 15 is 0 Å². The van der Waals surface area contributed by atoms with Crippen molar-refractivity contribution in [3.05, 3.63) is 93.5 Å². The number of benzene rings is 3. The Morgan fingerprint density at radius 3 is 2.53 bits per heavy atom. The number of carbonyl (C=O) groups is 1. The highest BCUT2D eigenvalue weighted by Crippen LogP contribution is 2.32. The number of para-hydroxylation sites is 1. The first-order valence-corrected chi connectivity index (χ1v) is 12.0. The van der Waals surface area contributed by atoms with Crippen LogP contribution < -0.4 is 14.2 Å². The number of nitrogens with zero attached hydrogens (tertiary/aromatic N) is 2.